The Morgan fingerprint density at radius 2 is 2.16 bits per heavy atom. The van der Waals surface area contributed by atoms with E-state index in [2.05, 4.69) is 18.7 Å². The van der Waals surface area contributed by atoms with Gasteiger partial charge in [-0.2, -0.15) is 0 Å². The Bertz CT molecular complexity index is 303. The van der Waals surface area contributed by atoms with Gasteiger partial charge in [-0.25, -0.2) is 0 Å². The van der Waals surface area contributed by atoms with Crippen molar-refractivity contribution in [3.8, 4) is 0 Å². The molecule has 0 bridgehead atoms. The summed E-state index contributed by atoms with van der Waals surface area (Å²) in [5.41, 5.74) is 6.11. The molecule has 2 aliphatic rings. The molecule has 1 saturated heterocycles. The lowest BCUT2D eigenvalue weighted by molar-refractivity contribution is -0.129. The molecule has 2 N–H and O–H groups in total. The van der Waals surface area contributed by atoms with Gasteiger partial charge in [-0.15, -0.1) is 24.2 Å². The van der Waals surface area contributed by atoms with Crippen LogP contribution < -0.4 is 5.73 Å². The molecular formula is C14H27ClN2OS. The Kier molecular flexibility index (Phi) is 6.98. The average molecular weight is 307 g/mol. The number of nitrogens with two attached hydrogens (primary N) is 1. The Hall–Kier alpha value is 0.0700. The summed E-state index contributed by atoms with van der Waals surface area (Å²) in [5.74, 6) is 2.68. The number of hydrogen-bond acceptors (Lipinski definition) is 3. The van der Waals surface area contributed by atoms with E-state index in [0.29, 0.717) is 23.8 Å². The smallest absolute Gasteiger partial charge is 0.235 e. The maximum atomic E-state index is 12.3. The number of unbranched alkanes of at least 4 members (excludes halogenated alkanes) is 1. The topological polar surface area (TPSA) is 46.3 Å². The van der Waals surface area contributed by atoms with Crippen LogP contribution in [0, 0.1) is 11.8 Å². The van der Waals surface area contributed by atoms with E-state index in [1.807, 2.05) is 0 Å². The quantitative estimate of drug-likeness (QED) is 0.794. The Balaban J connectivity index is 0.00000180. The molecule has 112 valence electrons. The van der Waals surface area contributed by atoms with Crippen molar-refractivity contribution in [3.63, 3.8) is 0 Å². The maximum Gasteiger partial charge on any atom is 0.235 e. The molecular weight excluding hydrogens is 280 g/mol. The predicted molar refractivity (Wildman–Crippen MR) is 84.8 cm³/mol. The van der Waals surface area contributed by atoms with Gasteiger partial charge in [0.1, 0.15) is 0 Å². The molecule has 1 aliphatic heterocycles. The molecule has 2 fully saturated rings. The van der Waals surface area contributed by atoms with Gasteiger partial charge in [0.15, 0.2) is 0 Å². The zero-order chi connectivity index (χ0) is 13.1. The van der Waals surface area contributed by atoms with Gasteiger partial charge in [0, 0.05) is 19.1 Å². The Labute approximate surface area is 127 Å². The number of halogens is 1. The van der Waals surface area contributed by atoms with Gasteiger partial charge in [-0.1, -0.05) is 13.3 Å². The number of hydrogen-bond donors (Lipinski definition) is 1. The highest BCUT2D eigenvalue weighted by Gasteiger charge is 2.43. The van der Waals surface area contributed by atoms with Crippen molar-refractivity contribution in [1.82, 2.24) is 4.90 Å². The minimum Gasteiger partial charge on any atom is -0.341 e. The molecule has 1 aliphatic carbocycles. The van der Waals surface area contributed by atoms with E-state index in [-0.39, 0.29) is 17.7 Å². The molecule has 2 rings (SSSR count). The van der Waals surface area contributed by atoms with Crippen LogP contribution in [0.25, 0.3) is 0 Å². The van der Waals surface area contributed by atoms with Crippen molar-refractivity contribution in [2.45, 2.75) is 50.8 Å². The largest absolute Gasteiger partial charge is 0.341 e. The van der Waals surface area contributed by atoms with Crippen molar-refractivity contribution < 1.29 is 4.79 Å². The summed E-state index contributed by atoms with van der Waals surface area (Å²) in [4.78, 5) is 14.4. The lowest BCUT2D eigenvalue weighted by atomic mass is 9.98. The maximum absolute atomic E-state index is 12.3. The van der Waals surface area contributed by atoms with E-state index in [0.717, 1.165) is 25.3 Å². The monoisotopic (exact) mass is 306 g/mol. The van der Waals surface area contributed by atoms with E-state index < -0.39 is 0 Å². The van der Waals surface area contributed by atoms with Crippen molar-refractivity contribution in [2.75, 3.05) is 18.8 Å². The van der Waals surface area contributed by atoms with E-state index in [1.165, 1.54) is 19.3 Å². The number of carbonyl (C=O) groups is 1. The Morgan fingerprint density at radius 3 is 2.79 bits per heavy atom. The van der Waals surface area contributed by atoms with Gasteiger partial charge in [-0.3, -0.25) is 4.79 Å². The number of amides is 1. The highest BCUT2D eigenvalue weighted by Crippen LogP contribution is 2.37. The summed E-state index contributed by atoms with van der Waals surface area (Å²) in [6.45, 7) is 6.10. The number of likely N-dealkylation sites (tertiary alicyclic amines) is 1. The third-order valence-electron chi connectivity index (χ3n) is 4.44. The lowest BCUT2D eigenvalue weighted by Gasteiger charge is -2.22. The SMILES string of the molecule is CCCCSC(C)C(=O)N1CC2CCC(N)C2C1.Cl. The predicted octanol–water partition coefficient (Wildman–Crippen LogP) is 2.53. The molecule has 1 amide bonds. The summed E-state index contributed by atoms with van der Waals surface area (Å²) in [5, 5.41) is 0.117. The third kappa shape index (κ3) is 4.02. The minimum absolute atomic E-state index is 0. The van der Waals surface area contributed by atoms with Crippen molar-refractivity contribution in [1.29, 1.82) is 0 Å². The molecule has 1 heterocycles. The van der Waals surface area contributed by atoms with Crippen LogP contribution >= 0.6 is 24.2 Å². The second-order valence-corrected chi connectivity index (χ2v) is 7.22. The molecule has 0 aromatic carbocycles. The fourth-order valence-electron chi connectivity index (χ4n) is 3.22. The van der Waals surface area contributed by atoms with E-state index in [9.17, 15) is 4.79 Å². The van der Waals surface area contributed by atoms with E-state index >= 15 is 0 Å². The van der Waals surface area contributed by atoms with Crippen LogP contribution in [0.15, 0.2) is 0 Å². The molecule has 4 atom stereocenters. The number of nitrogens with zero attached hydrogens (tertiary/aromatic N) is 1. The first-order valence-electron chi connectivity index (χ1n) is 7.29. The van der Waals surface area contributed by atoms with Crippen LogP contribution in [0.2, 0.25) is 0 Å². The molecule has 0 spiro atoms. The van der Waals surface area contributed by atoms with Crippen LogP contribution in [-0.2, 0) is 4.79 Å². The summed E-state index contributed by atoms with van der Waals surface area (Å²) in [7, 11) is 0. The van der Waals surface area contributed by atoms with Crippen LogP contribution in [0.4, 0.5) is 0 Å². The number of carbonyl (C=O) groups excluding carboxylic acids is 1. The molecule has 0 aromatic heterocycles. The van der Waals surface area contributed by atoms with Crippen LogP contribution in [-0.4, -0.2) is 40.9 Å². The second-order valence-electron chi connectivity index (χ2n) is 5.77. The third-order valence-corrected chi connectivity index (χ3v) is 5.66. The Morgan fingerprint density at radius 1 is 1.42 bits per heavy atom. The number of rotatable bonds is 5. The van der Waals surface area contributed by atoms with Gasteiger partial charge >= 0.3 is 0 Å². The molecule has 0 aromatic rings. The molecule has 19 heavy (non-hydrogen) atoms. The summed E-state index contributed by atoms with van der Waals surface area (Å²) in [6, 6.07) is 0.329. The molecule has 1 saturated carbocycles. The molecule has 5 heteroatoms. The molecule has 4 unspecified atom stereocenters. The fraction of sp³-hybridized carbons (Fsp3) is 0.929. The first-order valence-corrected chi connectivity index (χ1v) is 8.34. The van der Waals surface area contributed by atoms with Crippen LogP contribution in [0.3, 0.4) is 0 Å². The average Bonchev–Trinajstić information content (AvgIpc) is 2.91. The normalized spacial score (nSPS) is 30.9. The van der Waals surface area contributed by atoms with Gasteiger partial charge in [-0.05, 0) is 43.8 Å². The zero-order valence-corrected chi connectivity index (χ0v) is 13.6. The van der Waals surface area contributed by atoms with Crippen LogP contribution in [0.1, 0.15) is 39.5 Å². The van der Waals surface area contributed by atoms with Gasteiger partial charge in [0.25, 0.3) is 0 Å². The zero-order valence-electron chi connectivity index (χ0n) is 12.0. The van der Waals surface area contributed by atoms with E-state index in [1.54, 1.807) is 11.8 Å². The first-order chi connectivity index (χ1) is 8.63. The summed E-state index contributed by atoms with van der Waals surface area (Å²) in [6.07, 6.45) is 4.78. The summed E-state index contributed by atoms with van der Waals surface area (Å²) >= 11 is 1.80. The van der Waals surface area contributed by atoms with Gasteiger partial charge in [0.2, 0.25) is 5.91 Å². The standard InChI is InChI=1S/C14H26N2OS.ClH/c1-3-4-7-18-10(2)14(17)16-8-11-5-6-13(15)12(11)9-16;/h10-13H,3-9,15H2,1-2H3;1H. The van der Waals surface area contributed by atoms with Crippen molar-refractivity contribution in [3.05, 3.63) is 0 Å². The molecule has 0 radical (unpaired) electrons. The lowest BCUT2D eigenvalue weighted by Crippen LogP contribution is -2.37. The number of thioether (sulfide) groups is 1. The first kappa shape index (κ1) is 17.1. The van der Waals surface area contributed by atoms with E-state index in [4.69, 9.17) is 5.73 Å². The number of fused-ring (bicyclic) bond motifs is 1. The van der Waals surface area contributed by atoms with Gasteiger partial charge < -0.3 is 10.6 Å². The second kappa shape index (κ2) is 7.75. The van der Waals surface area contributed by atoms with Crippen LogP contribution in [0.5, 0.6) is 0 Å². The highest BCUT2D eigenvalue weighted by atomic mass is 35.5. The fourth-order valence-corrected chi connectivity index (χ4v) is 4.32. The molecule has 3 nitrogen and oxygen atoms in total. The minimum atomic E-state index is 0. The van der Waals surface area contributed by atoms with Crippen molar-refractivity contribution in [2.24, 2.45) is 17.6 Å². The van der Waals surface area contributed by atoms with Crippen molar-refractivity contribution >= 4 is 30.1 Å². The highest BCUT2D eigenvalue weighted by molar-refractivity contribution is 8.00. The van der Waals surface area contributed by atoms with Gasteiger partial charge in [0.05, 0.1) is 5.25 Å². The summed E-state index contributed by atoms with van der Waals surface area (Å²) < 4.78 is 0.